The number of pyridine rings is 1. The molecule has 0 atom stereocenters. The highest BCUT2D eigenvalue weighted by Crippen LogP contribution is 2.23. The molecular weight excluding hydrogens is 268 g/mol. The number of aromatic nitrogens is 1. The number of nitrogens with two attached hydrogens (primary N) is 1. The lowest BCUT2D eigenvalue weighted by Gasteiger charge is -2.33. The fraction of sp³-hybridized carbons (Fsp3) is 0.600. The minimum atomic E-state index is -0.339. The number of amides is 1. The SMILES string of the molecule is NNC(=O)c1ccc(CN(CCO)C2CCCCC2)nc1. The van der Waals surface area contributed by atoms with Crippen LogP contribution in [0.15, 0.2) is 18.3 Å². The summed E-state index contributed by atoms with van der Waals surface area (Å²) in [5.41, 5.74) is 3.45. The van der Waals surface area contributed by atoms with Gasteiger partial charge in [0.15, 0.2) is 0 Å². The summed E-state index contributed by atoms with van der Waals surface area (Å²) in [4.78, 5) is 18.0. The number of hydrazine groups is 1. The van der Waals surface area contributed by atoms with E-state index in [4.69, 9.17) is 5.84 Å². The quantitative estimate of drug-likeness (QED) is 0.410. The van der Waals surface area contributed by atoms with Gasteiger partial charge < -0.3 is 5.11 Å². The van der Waals surface area contributed by atoms with Crippen molar-refractivity contribution in [2.75, 3.05) is 13.2 Å². The molecule has 0 spiro atoms. The zero-order chi connectivity index (χ0) is 15.1. The monoisotopic (exact) mass is 292 g/mol. The van der Waals surface area contributed by atoms with Crippen LogP contribution in [0.4, 0.5) is 0 Å². The summed E-state index contributed by atoms with van der Waals surface area (Å²) in [6, 6.07) is 4.10. The Morgan fingerprint density at radius 3 is 2.71 bits per heavy atom. The normalized spacial score (nSPS) is 16.1. The summed E-state index contributed by atoms with van der Waals surface area (Å²) in [6.45, 7) is 1.53. The van der Waals surface area contributed by atoms with Crippen molar-refractivity contribution in [3.05, 3.63) is 29.6 Å². The Kier molecular flexibility index (Phi) is 6.10. The van der Waals surface area contributed by atoms with Crippen molar-refractivity contribution in [3.8, 4) is 0 Å². The first-order valence-corrected chi connectivity index (χ1v) is 7.55. The van der Waals surface area contributed by atoms with Crippen molar-refractivity contribution in [3.63, 3.8) is 0 Å². The van der Waals surface area contributed by atoms with E-state index in [1.165, 1.54) is 38.3 Å². The summed E-state index contributed by atoms with van der Waals surface area (Å²) >= 11 is 0. The minimum absolute atomic E-state index is 0.157. The van der Waals surface area contributed by atoms with Crippen LogP contribution < -0.4 is 11.3 Å². The van der Waals surface area contributed by atoms with Crippen molar-refractivity contribution in [2.45, 2.75) is 44.7 Å². The Bertz CT molecular complexity index is 443. The van der Waals surface area contributed by atoms with Gasteiger partial charge in [-0.1, -0.05) is 19.3 Å². The summed E-state index contributed by atoms with van der Waals surface area (Å²) in [7, 11) is 0. The zero-order valence-corrected chi connectivity index (χ0v) is 12.3. The predicted octanol–water partition coefficient (Wildman–Crippen LogP) is 0.812. The number of rotatable bonds is 6. The van der Waals surface area contributed by atoms with E-state index in [1.807, 2.05) is 6.07 Å². The first-order chi connectivity index (χ1) is 10.2. The highest BCUT2D eigenvalue weighted by Gasteiger charge is 2.21. The Morgan fingerprint density at radius 1 is 1.38 bits per heavy atom. The van der Waals surface area contributed by atoms with Crippen molar-refractivity contribution >= 4 is 5.91 Å². The van der Waals surface area contributed by atoms with Gasteiger partial charge in [-0.15, -0.1) is 0 Å². The molecule has 1 saturated carbocycles. The smallest absolute Gasteiger partial charge is 0.266 e. The summed E-state index contributed by atoms with van der Waals surface area (Å²) in [5, 5.41) is 9.27. The van der Waals surface area contributed by atoms with Crippen molar-refractivity contribution < 1.29 is 9.90 Å². The zero-order valence-electron chi connectivity index (χ0n) is 12.3. The van der Waals surface area contributed by atoms with Gasteiger partial charge in [-0.05, 0) is 25.0 Å². The van der Waals surface area contributed by atoms with Crippen LogP contribution in [-0.4, -0.2) is 40.1 Å². The number of carbonyl (C=O) groups excluding carboxylic acids is 1. The molecule has 0 aliphatic heterocycles. The first-order valence-electron chi connectivity index (χ1n) is 7.55. The maximum atomic E-state index is 11.4. The number of hydrogen-bond acceptors (Lipinski definition) is 5. The highest BCUT2D eigenvalue weighted by atomic mass is 16.3. The lowest BCUT2D eigenvalue weighted by molar-refractivity contribution is 0.0953. The van der Waals surface area contributed by atoms with Gasteiger partial charge in [0.05, 0.1) is 17.9 Å². The van der Waals surface area contributed by atoms with E-state index in [0.29, 0.717) is 24.7 Å². The van der Waals surface area contributed by atoms with Crippen molar-refractivity contribution in [1.29, 1.82) is 0 Å². The lowest BCUT2D eigenvalue weighted by atomic mass is 9.94. The number of nitrogens with one attached hydrogen (secondary N) is 1. The van der Waals surface area contributed by atoms with Gasteiger partial charge in [0.2, 0.25) is 0 Å². The van der Waals surface area contributed by atoms with E-state index in [9.17, 15) is 9.90 Å². The van der Waals surface area contributed by atoms with E-state index in [-0.39, 0.29) is 12.5 Å². The van der Waals surface area contributed by atoms with Gasteiger partial charge in [0.1, 0.15) is 0 Å². The number of nitrogens with zero attached hydrogens (tertiary/aromatic N) is 2. The topological polar surface area (TPSA) is 91.5 Å². The minimum Gasteiger partial charge on any atom is -0.395 e. The second kappa shape index (κ2) is 8.07. The Hall–Kier alpha value is -1.50. The fourth-order valence-corrected chi connectivity index (χ4v) is 2.91. The third kappa shape index (κ3) is 4.49. The molecule has 1 aliphatic carbocycles. The molecule has 21 heavy (non-hydrogen) atoms. The van der Waals surface area contributed by atoms with Crippen LogP contribution in [0.5, 0.6) is 0 Å². The lowest BCUT2D eigenvalue weighted by Crippen LogP contribution is -2.38. The largest absolute Gasteiger partial charge is 0.395 e. The molecular formula is C15H24N4O2. The molecule has 0 aromatic carbocycles. The van der Waals surface area contributed by atoms with Gasteiger partial charge >= 0.3 is 0 Å². The molecule has 0 bridgehead atoms. The molecule has 0 radical (unpaired) electrons. The molecule has 1 amide bonds. The van der Waals surface area contributed by atoms with E-state index >= 15 is 0 Å². The predicted molar refractivity (Wildman–Crippen MR) is 80.3 cm³/mol. The molecule has 116 valence electrons. The Balaban J connectivity index is 2.00. The van der Waals surface area contributed by atoms with Crippen LogP contribution in [0.3, 0.4) is 0 Å². The second-order valence-corrected chi connectivity index (χ2v) is 5.50. The molecule has 1 aromatic rings. The maximum absolute atomic E-state index is 11.4. The third-order valence-corrected chi connectivity index (χ3v) is 4.06. The number of carbonyl (C=O) groups is 1. The average molecular weight is 292 g/mol. The van der Waals surface area contributed by atoms with E-state index in [0.717, 1.165) is 5.69 Å². The van der Waals surface area contributed by atoms with Crippen LogP contribution in [0.25, 0.3) is 0 Å². The molecule has 1 aromatic heterocycles. The fourth-order valence-electron chi connectivity index (χ4n) is 2.91. The first kappa shape index (κ1) is 15.9. The number of hydrogen-bond donors (Lipinski definition) is 3. The van der Waals surface area contributed by atoms with Crippen LogP contribution in [-0.2, 0) is 6.54 Å². The maximum Gasteiger partial charge on any atom is 0.266 e. The van der Waals surface area contributed by atoms with Gasteiger partial charge in [-0.25, -0.2) is 5.84 Å². The summed E-state index contributed by atoms with van der Waals surface area (Å²) in [5.74, 6) is 4.76. The standard InChI is InChI=1S/C15H24N4O2/c16-18-15(21)12-6-7-13(17-10-12)11-19(8-9-20)14-4-2-1-3-5-14/h6-7,10,14,20H,1-5,8-9,11,16H2,(H,18,21). The molecule has 1 fully saturated rings. The van der Waals surface area contributed by atoms with Gasteiger partial charge in [-0.2, -0.15) is 0 Å². The van der Waals surface area contributed by atoms with Crippen LogP contribution >= 0.6 is 0 Å². The van der Waals surface area contributed by atoms with Crippen molar-refractivity contribution in [2.24, 2.45) is 5.84 Å². The Labute approximate surface area is 125 Å². The molecule has 2 rings (SSSR count). The molecule has 0 saturated heterocycles. The summed E-state index contributed by atoms with van der Waals surface area (Å²) in [6.07, 6.45) is 7.74. The highest BCUT2D eigenvalue weighted by molar-refractivity contribution is 5.93. The number of aliphatic hydroxyl groups is 1. The van der Waals surface area contributed by atoms with Gasteiger partial charge in [0.25, 0.3) is 5.91 Å². The van der Waals surface area contributed by atoms with E-state index in [1.54, 1.807) is 6.07 Å². The average Bonchev–Trinajstić information content (AvgIpc) is 2.55. The molecule has 6 heteroatoms. The second-order valence-electron chi connectivity index (χ2n) is 5.50. The van der Waals surface area contributed by atoms with Crippen LogP contribution in [0, 0.1) is 0 Å². The van der Waals surface area contributed by atoms with Crippen molar-refractivity contribution in [1.82, 2.24) is 15.3 Å². The summed E-state index contributed by atoms with van der Waals surface area (Å²) < 4.78 is 0. The molecule has 4 N–H and O–H groups in total. The molecule has 1 heterocycles. The number of nitrogen functional groups attached to an aromatic ring is 1. The van der Waals surface area contributed by atoms with Crippen LogP contribution in [0.1, 0.15) is 48.2 Å². The van der Waals surface area contributed by atoms with Crippen LogP contribution in [0.2, 0.25) is 0 Å². The van der Waals surface area contributed by atoms with E-state index in [2.05, 4.69) is 15.3 Å². The van der Waals surface area contributed by atoms with Gasteiger partial charge in [0, 0.05) is 25.3 Å². The third-order valence-electron chi connectivity index (χ3n) is 4.06. The van der Waals surface area contributed by atoms with Gasteiger partial charge in [-0.3, -0.25) is 20.1 Å². The number of aliphatic hydroxyl groups excluding tert-OH is 1. The molecule has 1 aliphatic rings. The Morgan fingerprint density at radius 2 is 2.14 bits per heavy atom. The molecule has 6 nitrogen and oxygen atoms in total. The molecule has 0 unspecified atom stereocenters. The van der Waals surface area contributed by atoms with E-state index < -0.39 is 0 Å².